The van der Waals surface area contributed by atoms with Gasteiger partial charge in [-0.3, -0.25) is 0 Å². The number of nitrogens with one attached hydrogen (secondary N) is 1. The Kier molecular flexibility index (Phi) is 5.38. The van der Waals surface area contributed by atoms with Gasteiger partial charge in [0.05, 0.1) is 17.6 Å². The van der Waals surface area contributed by atoms with Crippen LogP contribution in [0.3, 0.4) is 0 Å². The Hall–Kier alpha value is -2.97. The van der Waals surface area contributed by atoms with Crippen molar-refractivity contribution in [2.45, 2.75) is 10.9 Å². The lowest BCUT2D eigenvalue weighted by Gasteiger charge is -2.19. The third kappa shape index (κ3) is 4.07. The van der Waals surface area contributed by atoms with Crippen LogP contribution in [0.1, 0.15) is 27.8 Å². The highest BCUT2D eigenvalue weighted by atomic mass is 32.2. The van der Waals surface area contributed by atoms with E-state index >= 15 is 0 Å². The van der Waals surface area contributed by atoms with Crippen molar-refractivity contribution in [3.05, 3.63) is 83.9 Å². The van der Waals surface area contributed by atoms with Crippen molar-refractivity contribution in [1.29, 1.82) is 0 Å². The van der Waals surface area contributed by atoms with Gasteiger partial charge < -0.3 is 9.30 Å². The van der Waals surface area contributed by atoms with Crippen molar-refractivity contribution in [3.63, 3.8) is 0 Å². The number of ether oxygens (including phenoxy) is 1. The molecule has 0 radical (unpaired) electrons. The van der Waals surface area contributed by atoms with Gasteiger partial charge in [-0.05, 0) is 29.8 Å². The van der Waals surface area contributed by atoms with Crippen LogP contribution in [0.15, 0.2) is 71.9 Å². The zero-order valence-electron chi connectivity index (χ0n) is 14.9. The van der Waals surface area contributed by atoms with Gasteiger partial charge in [0.1, 0.15) is 11.9 Å². The molecular weight excluding hydrogens is 366 g/mol. The minimum absolute atomic E-state index is 0.0466. The average molecular weight is 385 g/mol. The van der Waals surface area contributed by atoms with E-state index in [1.165, 1.54) is 31.4 Å². The summed E-state index contributed by atoms with van der Waals surface area (Å²) in [6.45, 7) is 0. The van der Waals surface area contributed by atoms with Gasteiger partial charge in [-0.1, -0.05) is 30.3 Å². The van der Waals surface area contributed by atoms with E-state index in [2.05, 4.69) is 14.4 Å². The molecule has 140 valence electrons. The number of aromatic nitrogens is 2. The topological polar surface area (TPSA) is 90.3 Å². The third-order valence-electron chi connectivity index (χ3n) is 4.11. The number of sulfonamides is 1. The smallest absolute Gasteiger partial charge is 0.337 e. The van der Waals surface area contributed by atoms with Crippen LogP contribution in [0.25, 0.3) is 0 Å². The molecule has 1 atom stereocenters. The lowest BCUT2D eigenvalue weighted by Crippen LogP contribution is -2.31. The Morgan fingerprint density at radius 1 is 1.11 bits per heavy atom. The highest BCUT2D eigenvalue weighted by molar-refractivity contribution is 7.89. The average Bonchev–Trinajstić information content (AvgIpc) is 3.12. The molecule has 0 unspecified atom stereocenters. The number of imidazole rings is 1. The first-order valence-electron chi connectivity index (χ1n) is 8.15. The molecule has 3 rings (SSSR count). The molecule has 1 N–H and O–H groups in total. The minimum Gasteiger partial charge on any atom is -0.465 e. The summed E-state index contributed by atoms with van der Waals surface area (Å²) in [6, 6.07) is 14.1. The number of hydrogen-bond donors (Lipinski definition) is 1. The van der Waals surface area contributed by atoms with Crippen molar-refractivity contribution in [3.8, 4) is 0 Å². The molecule has 0 bridgehead atoms. The highest BCUT2D eigenvalue weighted by Crippen LogP contribution is 2.23. The lowest BCUT2D eigenvalue weighted by molar-refractivity contribution is 0.0600. The van der Waals surface area contributed by atoms with Crippen molar-refractivity contribution in [2.24, 2.45) is 7.05 Å². The lowest BCUT2D eigenvalue weighted by atomic mass is 10.1. The van der Waals surface area contributed by atoms with Crippen LogP contribution in [0.5, 0.6) is 0 Å². The standard InChI is InChI=1S/C19H19N3O4S/c1-22-13-12-20-18(22)17(14-6-4-3-5-7-14)21-27(24,25)16-10-8-15(9-11-16)19(23)26-2/h3-13,17,21H,1-2H3/t17-/m0/s1. The van der Waals surface area contributed by atoms with Crippen LogP contribution in [-0.4, -0.2) is 31.0 Å². The monoisotopic (exact) mass is 385 g/mol. The highest BCUT2D eigenvalue weighted by Gasteiger charge is 2.25. The van der Waals surface area contributed by atoms with Gasteiger partial charge in [-0.15, -0.1) is 0 Å². The third-order valence-corrected chi connectivity index (χ3v) is 5.55. The number of aryl methyl sites for hydroxylation is 1. The Labute approximate surface area is 157 Å². The first-order valence-corrected chi connectivity index (χ1v) is 9.63. The van der Waals surface area contributed by atoms with Crippen LogP contribution in [0.4, 0.5) is 0 Å². The fourth-order valence-corrected chi connectivity index (χ4v) is 3.86. The number of methoxy groups -OCH3 is 1. The van der Waals surface area contributed by atoms with Gasteiger partial charge in [-0.25, -0.2) is 18.2 Å². The van der Waals surface area contributed by atoms with Crippen LogP contribution in [0.2, 0.25) is 0 Å². The molecule has 0 saturated heterocycles. The largest absolute Gasteiger partial charge is 0.465 e. The van der Waals surface area contributed by atoms with E-state index in [4.69, 9.17) is 0 Å². The molecule has 1 heterocycles. The van der Waals surface area contributed by atoms with Gasteiger partial charge >= 0.3 is 5.97 Å². The maximum Gasteiger partial charge on any atom is 0.337 e. The molecule has 8 heteroatoms. The SMILES string of the molecule is COC(=O)c1ccc(S(=O)(=O)N[C@@H](c2ccccc2)c2nccn2C)cc1. The van der Waals surface area contributed by atoms with Gasteiger partial charge in [-0.2, -0.15) is 4.72 Å². The minimum atomic E-state index is -3.86. The quantitative estimate of drug-likeness (QED) is 0.658. The Morgan fingerprint density at radius 3 is 2.33 bits per heavy atom. The van der Waals surface area contributed by atoms with E-state index in [9.17, 15) is 13.2 Å². The second-order valence-electron chi connectivity index (χ2n) is 5.88. The molecule has 0 spiro atoms. The maximum atomic E-state index is 12.9. The van der Waals surface area contributed by atoms with Crippen LogP contribution in [0, 0.1) is 0 Å². The molecule has 2 aromatic carbocycles. The first kappa shape index (κ1) is 18.8. The van der Waals surface area contributed by atoms with E-state index in [-0.39, 0.29) is 10.5 Å². The van der Waals surface area contributed by atoms with Gasteiger partial charge in [0.25, 0.3) is 0 Å². The van der Waals surface area contributed by atoms with Crippen LogP contribution >= 0.6 is 0 Å². The molecule has 0 aliphatic heterocycles. The molecule has 7 nitrogen and oxygen atoms in total. The van der Waals surface area contributed by atoms with E-state index in [1.807, 2.05) is 30.3 Å². The Morgan fingerprint density at radius 2 is 1.78 bits per heavy atom. The van der Waals surface area contributed by atoms with E-state index in [1.54, 1.807) is 24.0 Å². The molecule has 0 amide bonds. The number of benzene rings is 2. The normalized spacial score (nSPS) is 12.5. The molecule has 27 heavy (non-hydrogen) atoms. The van der Waals surface area contributed by atoms with Crippen molar-refractivity contribution < 1.29 is 17.9 Å². The number of hydrogen-bond acceptors (Lipinski definition) is 5. The molecule has 0 aliphatic carbocycles. The fourth-order valence-electron chi connectivity index (χ4n) is 2.68. The van der Waals surface area contributed by atoms with Crippen molar-refractivity contribution in [2.75, 3.05) is 7.11 Å². The van der Waals surface area contributed by atoms with Crippen molar-refractivity contribution in [1.82, 2.24) is 14.3 Å². The molecule has 1 aromatic heterocycles. The molecule has 0 fully saturated rings. The van der Waals surface area contributed by atoms with Crippen molar-refractivity contribution >= 4 is 16.0 Å². The predicted molar refractivity (Wildman–Crippen MR) is 99.6 cm³/mol. The summed E-state index contributed by atoms with van der Waals surface area (Å²) < 4.78 is 34.9. The molecule has 3 aromatic rings. The van der Waals surface area contributed by atoms with Crippen LogP contribution in [-0.2, 0) is 21.8 Å². The predicted octanol–water partition coefficient (Wildman–Crippen LogP) is 2.27. The summed E-state index contributed by atoms with van der Waals surface area (Å²) in [6.07, 6.45) is 3.37. The van der Waals surface area contributed by atoms with E-state index in [0.717, 1.165) is 5.56 Å². The zero-order chi connectivity index (χ0) is 19.4. The first-order chi connectivity index (χ1) is 12.9. The zero-order valence-corrected chi connectivity index (χ0v) is 15.7. The summed E-state index contributed by atoms with van der Waals surface area (Å²) in [5.74, 6) is 0.0398. The number of rotatable bonds is 6. The van der Waals surface area contributed by atoms with Gasteiger partial charge in [0.15, 0.2) is 0 Å². The van der Waals surface area contributed by atoms with Crippen LogP contribution < -0.4 is 4.72 Å². The van der Waals surface area contributed by atoms with Gasteiger partial charge in [0, 0.05) is 19.4 Å². The fraction of sp³-hybridized carbons (Fsp3) is 0.158. The second-order valence-corrected chi connectivity index (χ2v) is 7.59. The summed E-state index contributed by atoms with van der Waals surface area (Å²) in [4.78, 5) is 15.9. The van der Waals surface area contributed by atoms with Gasteiger partial charge in [0.2, 0.25) is 10.0 Å². The maximum absolute atomic E-state index is 12.9. The Bertz CT molecular complexity index is 1030. The van der Waals surface area contributed by atoms with E-state index in [0.29, 0.717) is 5.82 Å². The summed E-state index contributed by atoms with van der Waals surface area (Å²) >= 11 is 0. The second kappa shape index (κ2) is 7.73. The molecule has 0 saturated carbocycles. The summed E-state index contributed by atoms with van der Waals surface area (Å²) in [7, 11) is -0.782. The number of esters is 1. The number of carbonyl (C=O) groups is 1. The van der Waals surface area contributed by atoms with E-state index < -0.39 is 22.0 Å². The Balaban J connectivity index is 1.95. The summed E-state index contributed by atoms with van der Waals surface area (Å²) in [5, 5.41) is 0. The number of nitrogens with zero attached hydrogens (tertiary/aromatic N) is 2. The molecular formula is C19H19N3O4S. The molecule has 0 aliphatic rings. The number of carbonyl (C=O) groups excluding carboxylic acids is 1. The summed E-state index contributed by atoms with van der Waals surface area (Å²) in [5.41, 5.74) is 1.04.